The van der Waals surface area contributed by atoms with Crippen molar-refractivity contribution in [1.82, 2.24) is 0 Å². The van der Waals surface area contributed by atoms with E-state index in [1.54, 1.807) is 45.0 Å². The smallest absolute Gasteiger partial charge is 0.428 e. The molecule has 26 heavy (non-hydrogen) atoms. The van der Waals surface area contributed by atoms with E-state index in [1.165, 1.54) is 12.8 Å². The van der Waals surface area contributed by atoms with E-state index in [9.17, 15) is 9.59 Å². The molecule has 0 aromatic heterocycles. The van der Waals surface area contributed by atoms with Gasteiger partial charge in [-0.15, -0.1) is 0 Å². The summed E-state index contributed by atoms with van der Waals surface area (Å²) in [6.07, 6.45) is 5.73. The molecule has 5 heteroatoms. The third-order valence-electron chi connectivity index (χ3n) is 4.51. The van der Waals surface area contributed by atoms with E-state index in [4.69, 9.17) is 14.2 Å². The average molecular weight is 362 g/mol. The lowest BCUT2D eigenvalue weighted by Crippen LogP contribution is -2.26. The summed E-state index contributed by atoms with van der Waals surface area (Å²) in [6, 6.07) is 6.43. The molecule has 0 amide bonds. The summed E-state index contributed by atoms with van der Waals surface area (Å²) in [5.74, 6) is 1.39. The minimum Gasteiger partial charge on any atom is -0.428 e. The molecular formula is C21H30O5. The van der Waals surface area contributed by atoms with Crippen molar-refractivity contribution >= 4 is 12.1 Å². The molecule has 0 bridgehead atoms. The van der Waals surface area contributed by atoms with E-state index in [2.05, 4.69) is 6.92 Å². The molecule has 1 aromatic rings. The minimum absolute atomic E-state index is 0.0132. The lowest BCUT2D eigenvalue weighted by molar-refractivity contribution is -0.140. The monoisotopic (exact) mass is 362 g/mol. The number of rotatable bonds is 5. The third kappa shape index (κ3) is 6.70. The minimum atomic E-state index is -0.758. The Balaban J connectivity index is 1.81. The zero-order chi connectivity index (χ0) is 19.2. The van der Waals surface area contributed by atoms with Crippen molar-refractivity contribution in [3.05, 3.63) is 24.3 Å². The van der Waals surface area contributed by atoms with Gasteiger partial charge in [0, 0.05) is 0 Å². The predicted molar refractivity (Wildman–Crippen MR) is 99.3 cm³/mol. The van der Waals surface area contributed by atoms with Gasteiger partial charge in [-0.05, 0) is 76.6 Å². The van der Waals surface area contributed by atoms with Crippen molar-refractivity contribution in [3.8, 4) is 11.5 Å². The van der Waals surface area contributed by atoms with Gasteiger partial charge in [-0.2, -0.15) is 0 Å². The average Bonchev–Trinajstić information content (AvgIpc) is 2.56. The van der Waals surface area contributed by atoms with Crippen molar-refractivity contribution in [2.75, 3.05) is 0 Å². The van der Waals surface area contributed by atoms with Crippen LogP contribution in [0.5, 0.6) is 11.5 Å². The van der Waals surface area contributed by atoms with Gasteiger partial charge in [-0.1, -0.05) is 19.8 Å². The Hall–Kier alpha value is -2.04. The fraction of sp³-hybridized carbons (Fsp3) is 0.619. The van der Waals surface area contributed by atoms with E-state index >= 15 is 0 Å². The molecule has 0 atom stereocenters. The normalized spacial score (nSPS) is 20.3. The molecular weight excluding hydrogens is 332 g/mol. The summed E-state index contributed by atoms with van der Waals surface area (Å²) < 4.78 is 15.7. The lowest BCUT2D eigenvalue weighted by atomic mass is 9.80. The first-order chi connectivity index (χ1) is 12.3. The Bertz CT molecular complexity index is 592. The number of carbonyl (C=O) groups excluding carboxylic acids is 2. The van der Waals surface area contributed by atoms with Crippen LogP contribution < -0.4 is 9.47 Å². The molecule has 0 saturated heterocycles. The zero-order valence-corrected chi connectivity index (χ0v) is 16.2. The Morgan fingerprint density at radius 2 is 1.50 bits per heavy atom. The number of benzene rings is 1. The molecule has 144 valence electrons. The highest BCUT2D eigenvalue weighted by Crippen LogP contribution is 2.32. The van der Waals surface area contributed by atoms with Crippen LogP contribution in [0.15, 0.2) is 24.3 Å². The Labute approximate surface area is 156 Å². The molecule has 1 saturated carbocycles. The molecule has 0 heterocycles. The fourth-order valence-electron chi connectivity index (χ4n) is 3.24. The van der Waals surface area contributed by atoms with Crippen LogP contribution in [0.4, 0.5) is 4.79 Å². The van der Waals surface area contributed by atoms with Gasteiger partial charge in [0.15, 0.2) is 0 Å². The highest BCUT2D eigenvalue weighted by atomic mass is 16.7. The van der Waals surface area contributed by atoms with E-state index in [0.29, 0.717) is 11.5 Å². The second-order valence-electron chi connectivity index (χ2n) is 7.97. The maximum Gasteiger partial charge on any atom is 0.514 e. The summed E-state index contributed by atoms with van der Waals surface area (Å²) in [5.41, 5.74) is -0.608. The largest absolute Gasteiger partial charge is 0.514 e. The van der Waals surface area contributed by atoms with Crippen LogP contribution >= 0.6 is 0 Å². The summed E-state index contributed by atoms with van der Waals surface area (Å²) in [4.78, 5) is 24.0. The van der Waals surface area contributed by atoms with Gasteiger partial charge in [-0.25, -0.2) is 4.79 Å². The zero-order valence-electron chi connectivity index (χ0n) is 16.2. The number of ether oxygens (including phenoxy) is 3. The topological polar surface area (TPSA) is 61.8 Å². The van der Waals surface area contributed by atoms with Gasteiger partial charge in [0.2, 0.25) is 0 Å². The highest BCUT2D eigenvalue weighted by Gasteiger charge is 2.27. The van der Waals surface area contributed by atoms with Crippen LogP contribution in [0, 0.1) is 11.8 Å². The molecule has 1 fully saturated rings. The van der Waals surface area contributed by atoms with Gasteiger partial charge >= 0.3 is 12.1 Å². The summed E-state index contributed by atoms with van der Waals surface area (Å²) >= 11 is 0. The summed E-state index contributed by atoms with van der Waals surface area (Å²) in [7, 11) is 0. The van der Waals surface area contributed by atoms with E-state index in [0.717, 1.165) is 31.6 Å². The maximum absolute atomic E-state index is 12.3. The van der Waals surface area contributed by atoms with Crippen LogP contribution in [0.2, 0.25) is 0 Å². The third-order valence-corrected chi connectivity index (χ3v) is 4.51. The first-order valence-electron chi connectivity index (χ1n) is 9.49. The molecule has 0 unspecified atom stereocenters. The second kappa shape index (κ2) is 9.06. The molecule has 0 aliphatic heterocycles. The standard InChI is InChI=1S/C21H30O5/c1-5-6-15-7-9-16(10-8-15)19(22)24-17-11-13-18(14-12-17)25-20(23)26-21(2,3)4/h11-16H,5-10H2,1-4H3. The van der Waals surface area contributed by atoms with Crippen LogP contribution in [0.25, 0.3) is 0 Å². The van der Waals surface area contributed by atoms with Gasteiger partial charge in [0.1, 0.15) is 17.1 Å². The second-order valence-corrected chi connectivity index (χ2v) is 7.97. The molecule has 0 N–H and O–H groups in total. The van der Waals surface area contributed by atoms with Gasteiger partial charge in [0.25, 0.3) is 0 Å². The molecule has 0 spiro atoms. The molecule has 2 rings (SSSR count). The van der Waals surface area contributed by atoms with Crippen molar-refractivity contribution < 1.29 is 23.8 Å². The van der Waals surface area contributed by atoms with E-state index in [-0.39, 0.29) is 11.9 Å². The van der Waals surface area contributed by atoms with Crippen LogP contribution in [-0.4, -0.2) is 17.7 Å². The summed E-state index contributed by atoms with van der Waals surface area (Å²) in [6.45, 7) is 7.52. The lowest BCUT2D eigenvalue weighted by Gasteiger charge is -2.26. The number of hydrogen-bond donors (Lipinski definition) is 0. The Kier molecular flexibility index (Phi) is 7.06. The van der Waals surface area contributed by atoms with Crippen molar-refractivity contribution in [1.29, 1.82) is 0 Å². The van der Waals surface area contributed by atoms with E-state index in [1.807, 2.05) is 0 Å². The van der Waals surface area contributed by atoms with Gasteiger partial charge in [-0.3, -0.25) is 4.79 Å². The number of esters is 1. The molecule has 1 aliphatic carbocycles. The van der Waals surface area contributed by atoms with Crippen molar-refractivity contribution in [2.45, 2.75) is 71.8 Å². The summed E-state index contributed by atoms with van der Waals surface area (Å²) in [5, 5.41) is 0. The predicted octanol–water partition coefficient (Wildman–Crippen LogP) is 5.51. The molecule has 0 radical (unpaired) electrons. The van der Waals surface area contributed by atoms with E-state index < -0.39 is 11.8 Å². The first kappa shape index (κ1) is 20.3. The van der Waals surface area contributed by atoms with Crippen LogP contribution in [0.3, 0.4) is 0 Å². The van der Waals surface area contributed by atoms with Gasteiger partial charge < -0.3 is 14.2 Å². The molecule has 1 aliphatic rings. The number of hydrogen-bond acceptors (Lipinski definition) is 5. The van der Waals surface area contributed by atoms with Gasteiger partial charge in [0.05, 0.1) is 5.92 Å². The van der Waals surface area contributed by atoms with Crippen molar-refractivity contribution in [2.24, 2.45) is 11.8 Å². The highest BCUT2D eigenvalue weighted by molar-refractivity contribution is 5.75. The Morgan fingerprint density at radius 1 is 0.962 bits per heavy atom. The quantitative estimate of drug-likeness (QED) is 0.392. The van der Waals surface area contributed by atoms with Crippen LogP contribution in [-0.2, 0) is 9.53 Å². The Morgan fingerprint density at radius 3 is 2.00 bits per heavy atom. The fourth-order valence-corrected chi connectivity index (χ4v) is 3.24. The SMILES string of the molecule is CCCC1CCC(C(=O)Oc2ccc(OC(=O)OC(C)(C)C)cc2)CC1. The molecule has 5 nitrogen and oxygen atoms in total. The maximum atomic E-state index is 12.3. The molecule has 1 aromatic carbocycles. The number of carbonyl (C=O) groups is 2. The van der Waals surface area contributed by atoms with Crippen LogP contribution in [0.1, 0.15) is 66.2 Å². The first-order valence-corrected chi connectivity index (χ1v) is 9.49. The van der Waals surface area contributed by atoms with Crippen molar-refractivity contribution in [3.63, 3.8) is 0 Å².